The maximum atomic E-state index is 11.1. The van der Waals surface area contributed by atoms with Gasteiger partial charge in [-0.25, -0.2) is 0 Å². The maximum Gasteiger partial charge on any atom is 0.309 e. The summed E-state index contributed by atoms with van der Waals surface area (Å²) in [6.45, 7) is 7.86. The molecule has 1 rings (SSSR count). The van der Waals surface area contributed by atoms with Gasteiger partial charge >= 0.3 is 5.97 Å². The Kier molecular flexibility index (Phi) is 10.2. The van der Waals surface area contributed by atoms with Crippen molar-refractivity contribution in [2.24, 2.45) is 5.41 Å². The Labute approximate surface area is 175 Å². The maximum absolute atomic E-state index is 11.1. The van der Waals surface area contributed by atoms with Crippen LogP contribution in [0, 0.1) is 5.41 Å². The summed E-state index contributed by atoms with van der Waals surface area (Å²) in [4.78, 5) is 21.6. The van der Waals surface area contributed by atoms with Crippen molar-refractivity contribution < 1.29 is 24.5 Å². The van der Waals surface area contributed by atoms with E-state index in [9.17, 15) is 14.7 Å². The molecule has 5 heteroatoms. The number of phenolic OH excluding ortho intramolecular Hbond substituents is 1. The molecule has 29 heavy (non-hydrogen) atoms. The number of carboxylic acid groups (broad SMARTS) is 1. The van der Waals surface area contributed by atoms with Crippen LogP contribution in [0.25, 0.3) is 0 Å². The van der Waals surface area contributed by atoms with Gasteiger partial charge in [-0.2, -0.15) is 0 Å². The zero-order chi connectivity index (χ0) is 21.9. The first kappa shape index (κ1) is 25.0. The predicted octanol–water partition coefficient (Wildman–Crippen LogP) is 5.66. The van der Waals surface area contributed by atoms with Crippen molar-refractivity contribution in [1.82, 2.24) is 0 Å². The number of hydrogen-bond acceptors (Lipinski definition) is 4. The summed E-state index contributed by atoms with van der Waals surface area (Å²) < 4.78 is 5.07. The highest BCUT2D eigenvalue weighted by atomic mass is 16.5. The third kappa shape index (κ3) is 9.33. The van der Waals surface area contributed by atoms with E-state index < -0.39 is 17.0 Å². The SMILES string of the molecule is CC(C)(CCCCc1cccc(CCCCCCC(C)(C)C(=O)O)c1O)OC=O. The number of carbonyl (C=O) groups is 2. The number of carbonyl (C=O) groups excluding carboxylic acids is 1. The molecule has 5 nitrogen and oxygen atoms in total. The number of para-hydroxylation sites is 1. The normalized spacial score (nSPS) is 12.0. The number of aliphatic carboxylic acids is 1. The van der Waals surface area contributed by atoms with Gasteiger partial charge in [0.15, 0.2) is 0 Å². The quantitative estimate of drug-likeness (QED) is 0.290. The summed E-state index contributed by atoms with van der Waals surface area (Å²) in [5.41, 5.74) is 0.866. The molecular formula is C24H38O5. The molecule has 0 aliphatic heterocycles. The van der Waals surface area contributed by atoms with Gasteiger partial charge in [-0.15, -0.1) is 0 Å². The van der Waals surface area contributed by atoms with E-state index in [1.54, 1.807) is 13.8 Å². The Morgan fingerprint density at radius 1 is 0.931 bits per heavy atom. The van der Waals surface area contributed by atoms with Crippen LogP contribution in [0.2, 0.25) is 0 Å². The van der Waals surface area contributed by atoms with Crippen LogP contribution in [0.1, 0.15) is 90.2 Å². The van der Waals surface area contributed by atoms with E-state index in [0.717, 1.165) is 68.9 Å². The molecule has 0 bridgehead atoms. The van der Waals surface area contributed by atoms with Crippen molar-refractivity contribution in [2.75, 3.05) is 0 Å². The molecule has 0 fully saturated rings. The number of phenols is 1. The molecule has 0 aliphatic carbocycles. The molecule has 0 radical (unpaired) electrons. The van der Waals surface area contributed by atoms with Gasteiger partial charge in [0.2, 0.25) is 0 Å². The lowest BCUT2D eigenvalue weighted by molar-refractivity contribution is -0.147. The largest absolute Gasteiger partial charge is 0.507 e. The molecule has 0 amide bonds. The average Bonchev–Trinajstić information content (AvgIpc) is 2.63. The van der Waals surface area contributed by atoms with Crippen molar-refractivity contribution in [3.8, 4) is 5.75 Å². The fraction of sp³-hybridized carbons (Fsp3) is 0.667. The molecule has 164 valence electrons. The van der Waals surface area contributed by atoms with E-state index in [0.29, 0.717) is 18.6 Å². The minimum atomic E-state index is -0.737. The van der Waals surface area contributed by atoms with Crippen molar-refractivity contribution in [3.63, 3.8) is 0 Å². The Morgan fingerprint density at radius 3 is 2.00 bits per heavy atom. The molecule has 1 aromatic carbocycles. The first-order valence-corrected chi connectivity index (χ1v) is 10.7. The van der Waals surface area contributed by atoms with Crippen LogP contribution < -0.4 is 0 Å². The van der Waals surface area contributed by atoms with Gasteiger partial charge in [-0.05, 0) is 83.8 Å². The van der Waals surface area contributed by atoms with Gasteiger partial charge < -0.3 is 14.9 Å². The number of unbranched alkanes of at least 4 members (excludes halogenated alkanes) is 4. The standard InChI is InChI=1S/C24H38O5/c1-23(2,22(27)28)16-9-6-5-7-12-19-14-11-15-20(21(19)26)13-8-10-17-24(3,4)29-18-25/h11,14-15,18,26H,5-10,12-13,16-17H2,1-4H3,(H,27,28). The summed E-state index contributed by atoms with van der Waals surface area (Å²) >= 11 is 0. The van der Waals surface area contributed by atoms with Gasteiger partial charge in [0.05, 0.1) is 5.41 Å². The number of ether oxygens (including phenoxy) is 1. The van der Waals surface area contributed by atoms with E-state index in [2.05, 4.69) is 0 Å². The van der Waals surface area contributed by atoms with Crippen LogP contribution >= 0.6 is 0 Å². The Hall–Kier alpha value is -2.04. The molecule has 2 N–H and O–H groups in total. The number of rotatable bonds is 15. The van der Waals surface area contributed by atoms with E-state index in [-0.39, 0.29) is 0 Å². The molecule has 0 unspecified atom stereocenters. The second-order valence-electron chi connectivity index (χ2n) is 9.21. The zero-order valence-electron chi connectivity index (χ0n) is 18.5. The molecular weight excluding hydrogens is 368 g/mol. The average molecular weight is 407 g/mol. The van der Waals surface area contributed by atoms with Crippen LogP contribution in [0.3, 0.4) is 0 Å². The Morgan fingerprint density at radius 2 is 1.45 bits per heavy atom. The summed E-state index contributed by atoms with van der Waals surface area (Å²) in [5.74, 6) is -0.332. The van der Waals surface area contributed by atoms with E-state index in [1.807, 2.05) is 32.0 Å². The lowest BCUT2D eigenvalue weighted by Crippen LogP contribution is -2.23. The molecule has 0 heterocycles. The monoisotopic (exact) mass is 406 g/mol. The molecule has 0 saturated carbocycles. The number of aromatic hydroxyl groups is 1. The van der Waals surface area contributed by atoms with Crippen LogP contribution in [-0.4, -0.2) is 28.3 Å². The molecule has 0 spiro atoms. The van der Waals surface area contributed by atoms with Crippen LogP contribution in [0.5, 0.6) is 5.75 Å². The highest BCUT2D eigenvalue weighted by molar-refractivity contribution is 5.73. The minimum Gasteiger partial charge on any atom is -0.507 e. The van der Waals surface area contributed by atoms with E-state index in [4.69, 9.17) is 9.84 Å². The lowest BCUT2D eigenvalue weighted by Gasteiger charge is -2.22. The molecule has 1 aromatic rings. The van der Waals surface area contributed by atoms with Crippen molar-refractivity contribution >= 4 is 12.4 Å². The molecule has 0 aromatic heterocycles. The first-order valence-electron chi connectivity index (χ1n) is 10.7. The Balaban J connectivity index is 2.36. The van der Waals surface area contributed by atoms with Crippen molar-refractivity contribution in [3.05, 3.63) is 29.3 Å². The first-order chi connectivity index (χ1) is 13.6. The van der Waals surface area contributed by atoms with Gasteiger partial charge in [0, 0.05) is 0 Å². The van der Waals surface area contributed by atoms with Gasteiger partial charge in [0.1, 0.15) is 11.4 Å². The summed E-state index contributed by atoms with van der Waals surface area (Å²) in [6.07, 6.45) is 8.93. The summed E-state index contributed by atoms with van der Waals surface area (Å²) in [7, 11) is 0. The second-order valence-corrected chi connectivity index (χ2v) is 9.21. The minimum absolute atomic E-state index is 0.405. The smallest absolute Gasteiger partial charge is 0.309 e. The van der Waals surface area contributed by atoms with E-state index >= 15 is 0 Å². The number of carboxylic acids is 1. The topological polar surface area (TPSA) is 83.8 Å². The van der Waals surface area contributed by atoms with E-state index in [1.165, 1.54) is 0 Å². The highest BCUT2D eigenvalue weighted by Gasteiger charge is 2.25. The van der Waals surface area contributed by atoms with Crippen LogP contribution in [0.15, 0.2) is 18.2 Å². The number of benzene rings is 1. The molecule has 0 atom stereocenters. The zero-order valence-corrected chi connectivity index (χ0v) is 18.5. The molecule has 0 aliphatic rings. The van der Waals surface area contributed by atoms with Crippen LogP contribution in [-0.2, 0) is 27.2 Å². The predicted molar refractivity (Wildman–Crippen MR) is 115 cm³/mol. The van der Waals surface area contributed by atoms with Crippen LogP contribution in [0.4, 0.5) is 0 Å². The number of aryl methyl sites for hydroxylation is 2. The lowest BCUT2D eigenvalue weighted by atomic mass is 9.87. The van der Waals surface area contributed by atoms with Crippen molar-refractivity contribution in [2.45, 2.75) is 97.5 Å². The third-order valence-corrected chi connectivity index (χ3v) is 5.62. The van der Waals surface area contributed by atoms with Gasteiger partial charge in [-0.1, -0.05) is 37.5 Å². The summed E-state index contributed by atoms with van der Waals surface area (Å²) in [5, 5.41) is 19.7. The highest BCUT2D eigenvalue weighted by Crippen LogP contribution is 2.28. The Bertz CT molecular complexity index is 649. The second kappa shape index (κ2) is 11.8. The van der Waals surface area contributed by atoms with Gasteiger partial charge in [0.25, 0.3) is 6.47 Å². The number of hydrogen-bond donors (Lipinski definition) is 2. The fourth-order valence-electron chi connectivity index (χ4n) is 3.45. The molecule has 0 saturated heterocycles. The fourth-order valence-corrected chi connectivity index (χ4v) is 3.45. The van der Waals surface area contributed by atoms with Gasteiger partial charge in [-0.3, -0.25) is 9.59 Å². The van der Waals surface area contributed by atoms with Crippen molar-refractivity contribution in [1.29, 1.82) is 0 Å². The summed E-state index contributed by atoms with van der Waals surface area (Å²) in [6, 6.07) is 5.95. The third-order valence-electron chi connectivity index (χ3n) is 5.62.